The van der Waals surface area contributed by atoms with E-state index in [4.69, 9.17) is 9.47 Å². The predicted octanol–water partition coefficient (Wildman–Crippen LogP) is 0.527. The molecular formula is C17H22N2O7S2. The van der Waals surface area contributed by atoms with Crippen molar-refractivity contribution in [2.24, 2.45) is 5.92 Å². The van der Waals surface area contributed by atoms with Crippen molar-refractivity contribution < 1.29 is 31.1 Å². The van der Waals surface area contributed by atoms with Gasteiger partial charge in [0.1, 0.15) is 0 Å². The van der Waals surface area contributed by atoms with Gasteiger partial charge in [-0.3, -0.25) is 4.79 Å². The van der Waals surface area contributed by atoms with E-state index in [1.807, 2.05) is 0 Å². The van der Waals surface area contributed by atoms with Gasteiger partial charge in [0.2, 0.25) is 26.0 Å². The van der Waals surface area contributed by atoms with E-state index in [1.165, 1.54) is 28.6 Å². The van der Waals surface area contributed by atoms with Crippen molar-refractivity contribution in [1.29, 1.82) is 0 Å². The van der Waals surface area contributed by atoms with Crippen LogP contribution < -0.4 is 4.31 Å². The van der Waals surface area contributed by atoms with Gasteiger partial charge in [0, 0.05) is 25.9 Å². The van der Waals surface area contributed by atoms with Crippen molar-refractivity contribution in [3.63, 3.8) is 0 Å². The van der Waals surface area contributed by atoms with Crippen LogP contribution in [-0.2, 0) is 34.3 Å². The average Bonchev–Trinajstić information content (AvgIpc) is 3.17. The van der Waals surface area contributed by atoms with Gasteiger partial charge >= 0.3 is 0 Å². The van der Waals surface area contributed by atoms with Gasteiger partial charge in [0.05, 0.1) is 35.5 Å². The minimum Gasteiger partial charge on any atom is -0.347 e. The van der Waals surface area contributed by atoms with Crippen LogP contribution in [0.5, 0.6) is 0 Å². The molecule has 0 aliphatic carbocycles. The second kappa shape index (κ2) is 6.77. The van der Waals surface area contributed by atoms with E-state index in [0.717, 1.165) is 4.31 Å². The van der Waals surface area contributed by atoms with Crippen LogP contribution in [0.2, 0.25) is 0 Å². The molecule has 3 heterocycles. The second-order valence-electron chi connectivity index (χ2n) is 7.29. The van der Waals surface area contributed by atoms with Crippen LogP contribution in [0, 0.1) is 5.92 Å². The quantitative estimate of drug-likeness (QED) is 0.688. The van der Waals surface area contributed by atoms with E-state index in [0.29, 0.717) is 26.1 Å². The van der Waals surface area contributed by atoms with Gasteiger partial charge in [0.25, 0.3) is 0 Å². The Hall–Kier alpha value is -1.53. The van der Waals surface area contributed by atoms with Gasteiger partial charge in [-0.15, -0.1) is 0 Å². The number of amides is 1. The summed E-state index contributed by atoms with van der Waals surface area (Å²) >= 11 is 0. The van der Waals surface area contributed by atoms with Gasteiger partial charge in [-0.25, -0.2) is 21.1 Å². The summed E-state index contributed by atoms with van der Waals surface area (Å²) in [5.74, 6) is -2.04. The molecule has 1 amide bonds. The van der Waals surface area contributed by atoms with Crippen LogP contribution in [0.3, 0.4) is 0 Å². The number of hydrogen-bond acceptors (Lipinski definition) is 7. The first-order valence-corrected chi connectivity index (χ1v) is 12.1. The van der Waals surface area contributed by atoms with Crippen molar-refractivity contribution in [1.82, 2.24) is 4.31 Å². The van der Waals surface area contributed by atoms with Crippen molar-refractivity contribution in [3.05, 3.63) is 24.3 Å². The largest absolute Gasteiger partial charge is 0.347 e. The molecule has 1 spiro atoms. The Labute approximate surface area is 164 Å². The number of piperidine rings is 1. The molecule has 0 bridgehead atoms. The standard InChI is InChI=1S/C17H22N2O7S2/c1-13-12-27(21,22)19(16(13)20)14-2-4-15(5-3-14)28(23,24)18-8-6-17(7-9-18)25-10-11-26-17/h2-5,13H,6-12H2,1H3/t13-/m0/s1. The molecule has 1 aromatic carbocycles. The van der Waals surface area contributed by atoms with E-state index < -0.39 is 37.7 Å². The SMILES string of the molecule is C[C@H]1CS(=O)(=O)N(c2ccc(S(=O)(=O)N3CCC4(CC3)OCCO4)cc2)C1=O. The van der Waals surface area contributed by atoms with Gasteiger partial charge in [-0.05, 0) is 24.3 Å². The molecule has 1 aromatic rings. The molecule has 0 radical (unpaired) electrons. The van der Waals surface area contributed by atoms with Crippen molar-refractivity contribution in [2.45, 2.75) is 30.4 Å². The fourth-order valence-electron chi connectivity index (χ4n) is 3.84. The Bertz CT molecular complexity index is 973. The number of benzene rings is 1. The number of nitrogens with zero attached hydrogens (tertiary/aromatic N) is 2. The van der Waals surface area contributed by atoms with E-state index in [1.54, 1.807) is 6.92 Å². The van der Waals surface area contributed by atoms with Gasteiger partial charge in [0.15, 0.2) is 5.79 Å². The first kappa shape index (κ1) is 19.8. The summed E-state index contributed by atoms with van der Waals surface area (Å²) < 4.78 is 63.6. The molecule has 3 saturated heterocycles. The van der Waals surface area contributed by atoms with Crippen LogP contribution in [0.4, 0.5) is 5.69 Å². The summed E-state index contributed by atoms with van der Waals surface area (Å²) in [6.45, 7) is 3.15. The number of anilines is 1. The lowest BCUT2D eigenvalue weighted by Gasteiger charge is -2.36. The minimum absolute atomic E-state index is 0.0533. The van der Waals surface area contributed by atoms with Crippen LogP contribution in [0.15, 0.2) is 29.2 Å². The summed E-state index contributed by atoms with van der Waals surface area (Å²) in [6, 6.07) is 5.39. The third-order valence-corrected chi connectivity index (χ3v) is 9.15. The topological polar surface area (TPSA) is 110 Å². The predicted molar refractivity (Wildman–Crippen MR) is 99.5 cm³/mol. The van der Waals surface area contributed by atoms with Crippen molar-refractivity contribution in [2.75, 3.05) is 36.4 Å². The normalized spacial score (nSPS) is 27.5. The maximum atomic E-state index is 12.9. The van der Waals surface area contributed by atoms with Crippen molar-refractivity contribution in [3.8, 4) is 0 Å². The third kappa shape index (κ3) is 3.24. The Morgan fingerprint density at radius 1 is 1.07 bits per heavy atom. The molecule has 9 nitrogen and oxygen atoms in total. The van der Waals surface area contributed by atoms with Gasteiger partial charge < -0.3 is 9.47 Å². The Morgan fingerprint density at radius 3 is 2.14 bits per heavy atom. The molecule has 0 N–H and O–H groups in total. The molecule has 4 rings (SSSR count). The number of rotatable bonds is 3. The fourth-order valence-corrected chi connectivity index (χ4v) is 7.10. The Balaban J connectivity index is 1.53. The summed E-state index contributed by atoms with van der Waals surface area (Å²) in [6.07, 6.45) is 0.922. The highest BCUT2D eigenvalue weighted by molar-refractivity contribution is 7.94. The highest BCUT2D eigenvalue weighted by atomic mass is 32.2. The molecule has 11 heteroatoms. The summed E-state index contributed by atoms with van der Waals surface area (Å²) in [7, 11) is -7.46. The smallest absolute Gasteiger partial charge is 0.244 e. The number of hydrogen-bond donors (Lipinski definition) is 0. The highest BCUT2D eigenvalue weighted by Crippen LogP contribution is 2.34. The van der Waals surface area contributed by atoms with Gasteiger partial charge in [-0.1, -0.05) is 6.92 Å². The monoisotopic (exact) mass is 430 g/mol. The Kier molecular flexibility index (Phi) is 4.78. The van der Waals surface area contributed by atoms with Crippen LogP contribution in [0.1, 0.15) is 19.8 Å². The number of ether oxygens (including phenoxy) is 2. The zero-order valence-corrected chi connectivity index (χ0v) is 17.0. The van der Waals surface area contributed by atoms with Crippen molar-refractivity contribution >= 4 is 31.6 Å². The van der Waals surface area contributed by atoms with E-state index >= 15 is 0 Å². The maximum absolute atomic E-state index is 12.9. The number of carbonyl (C=O) groups excluding carboxylic acids is 1. The van der Waals surface area contributed by atoms with E-state index in [2.05, 4.69) is 0 Å². The zero-order valence-electron chi connectivity index (χ0n) is 15.4. The molecule has 3 aliphatic heterocycles. The number of sulfonamides is 2. The molecule has 154 valence electrons. The third-order valence-electron chi connectivity index (χ3n) is 5.37. The summed E-state index contributed by atoms with van der Waals surface area (Å²) in [4.78, 5) is 12.2. The number of carbonyl (C=O) groups is 1. The maximum Gasteiger partial charge on any atom is 0.244 e. The molecule has 0 unspecified atom stereocenters. The molecular weight excluding hydrogens is 408 g/mol. The Morgan fingerprint density at radius 2 is 1.64 bits per heavy atom. The van der Waals surface area contributed by atoms with E-state index in [-0.39, 0.29) is 29.4 Å². The molecule has 3 aliphatic rings. The first-order chi connectivity index (χ1) is 13.1. The van der Waals surface area contributed by atoms with Crippen LogP contribution in [0.25, 0.3) is 0 Å². The highest BCUT2D eigenvalue weighted by Gasteiger charge is 2.44. The average molecular weight is 431 g/mol. The molecule has 3 fully saturated rings. The van der Waals surface area contributed by atoms with E-state index in [9.17, 15) is 21.6 Å². The summed E-state index contributed by atoms with van der Waals surface area (Å²) in [5.41, 5.74) is 0.152. The van der Waals surface area contributed by atoms with Crippen LogP contribution in [-0.4, -0.2) is 64.9 Å². The first-order valence-electron chi connectivity index (χ1n) is 9.10. The lowest BCUT2D eigenvalue weighted by molar-refractivity contribution is -0.179. The lowest BCUT2D eigenvalue weighted by atomic mass is 10.1. The molecule has 0 aromatic heterocycles. The molecule has 1 atom stereocenters. The molecule has 28 heavy (non-hydrogen) atoms. The van der Waals surface area contributed by atoms with Crippen LogP contribution >= 0.6 is 0 Å². The summed E-state index contributed by atoms with van der Waals surface area (Å²) in [5, 5.41) is 0. The fraction of sp³-hybridized carbons (Fsp3) is 0.588. The van der Waals surface area contributed by atoms with Gasteiger partial charge in [-0.2, -0.15) is 4.31 Å². The second-order valence-corrected chi connectivity index (χ2v) is 11.1. The zero-order chi connectivity index (χ0) is 20.2. The minimum atomic E-state index is -3.73. The molecule has 0 saturated carbocycles. The lowest BCUT2D eigenvalue weighted by Crippen LogP contribution is -2.47.